The Balaban J connectivity index is 2.41. The number of hydrogen-bond donors (Lipinski definition) is 3. The van der Waals surface area contributed by atoms with Gasteiger partial charge in [-0.1, -0.05) is 15.9 Å². The first kappa shape index (κ1) is 10.7. The summed E-state index contributed by atoms with van der Waals surface area (Å²) in [6.07, 6.45) is 2.09. The van der Waals surface area contributed by atoms with Crippen molar-refractivity contribution in [1.29, 1.82) is 0 Å². The Morgan fingerprint density at radius 2 is 2.07 bits per heavy atom. The summed E-state index contributed by atoms with van der Waals surface area (Å²) >= 11 is 3.15. The van der Waals surface area contributed by atoms with Gasteiger partial charge in [0.1, 0.15) is 0 Å². The quantitative estimate of drug-likeness (QED) is 0.724. The van der Waals surface area contributed by atoms with Crippen molar-refractivity contribution in [3.05, 3.63) is 21.9 Å². The van der Waals surface area contributed by atoms with Gasteiger partial charge in [0.2, 0.25) is 0 Å². The van der Waals surface area contributed by atoms with Crippen molar-refractivity contribution in [2.24, 2.45) is 5.73 Å². The molecule has 2 rings (SSSR count). The van der Waals surface area contributed by atoms with Crippen LogP contribution in [0.5, 0.6) is 11.5 Å². The van der Waals surface area contributed by atoms with Crippen LogP contribution in [0.15, 0.2) is 10.5 Å². The highest BCUT2D eigenvalue weighted by molar-refractivity contribution is 9.10. The Morgan fingerprint density at radius 3 is 2.60 bits per heavy atom. The molecule has 1 aliphatic rings. The molecule has 0 saturated heterocycles. The van der Waals surface area contributed by atoms with Gasteiger partial charge in [0.05, 0.1) is 0 Å². The first-order valence-electron chi connectivity index (χ1n) is 4.61. The average molecular weight is 276 g/mol. The van der Waals surface area contributed by atoms with Gasteiger partial charge < -0.3 is 15.9 Å². The van der Waals surface area contributed by atoms with Crippen LogP contribution in [0.1, 0.15) is 18.4 Å². The topological polar surface area (TPSA) is 66.5 Å². The van der Waals surface area contributed by atoms with Gasteiger partial charge in [0.15, 0.2) is 17.3 Å². The molecular weight excluding hydrogens is 265 g/mol. The van der Waals surface area contributed by atoms with Gasteiger partial charge in [-0.2, -0.15) is 0 Å². The van der Waals surface area contributed by atoms with Gasteiger partial charge in [-0.05, 0) is 25.3 Å². The van der Waals surface area contributed by atoms with Crippen LogP contribution in [0.2, 0.25) is 0 Å². The van der Waals surface area contributed by atoms with E-state index in [1.807, 2.05) is 0 Å². The highest BCUT2D eigenvalue weighted by Gasteiger charge is 2.39. The summed E-state index contributed by atoms with van der Waals surface area (Å²) in [4.78, 5) is 0. The molecule has 5 heteroatoms. The third kappa shape index (κ3) is 1.94. The Bertz CT molecular complexity index is 418. The maximum atomic E-state index is 13.6. The minimum absolute atomic E-state index is 0.324. The molecule has 1 aromatic rings. The van der Waals surface area contributed by atoms with Crippen molar-refractivity contribution in [2.75, 3.05) is 0 Å². The maximum absolute atomic E-state index is 13.6. The van der Waals surface area contributed by atoms with E-state index in [1.165, 1.54) is 6.07 Å². The van der Waals surface area contributed by atoms with Gasteiger partial charge in [-0.15, -0.1) is 0 Å². The molecule has 4 N–H and O–H groups in total. The number of hydrogen-bond acceptors (Lipinski definition) is 3. The van der Waals surface area contributed by atoms with Crippen molar-refractivity contribution in [2.45, 2.75) is 24.8 Å². The van der Waals surface area contributed by atoms with E-state index in [2.05, 4.69) is 15.9 Å². The molecule has 1 aromatic carbocycles. The lowest BCUT2D eigenvalue weighted by molar-refractivity contribution is 0.375. The third-order valence-electron chi connectivity index (χ3n) is 2.69. The van der Waals surface area contributed by atoms with Gasteiger partial charge in [0.25, 0.3) is 0 Å². The summed E-state index contributed by atoms with van der Waals surface area (Å²) in [6, 6.07) is 1.28. The molecule has 0 spiro atoms. The summed E-state index contributed by atoms with van der Waals surface area (Å²) in [5, 5.41) is 18.4. The van der Waals surface area contributed by atoms with Gasteiger partial charge in [-0.3, -0.25) is 0 Å². The smallest absolute Gasteiger partial charge is 0.194 e. The van der Waals surface area contributed by atoms with Crippen LogP contribution in [0.3, 0.4) is 0 Å². The maximum Gasteiger partial charge on any atom is 0.194 e. The van der Waals surface area contributed by atoms with E-state index in [4.69, 9.17) is 10.8 Å². The molecule has 1 saturated carbocycles. The van der Waals surface area contributed by atoms with E-state index in [0.29, 0.717) is 16.5 Å². The molecule has 1 fully saturated rings. The normalized spacial score (nSPS) is 17.8. The van der Waals surface area contributed by atoms with Crippen molar-refractivity contribution >= 4 is 15.9 Å². The van der Waals surface area contributed by atoms with Crippen molar-refractivity contribution in [3.8, 4) is 11.5 Å². The second kappa shape index (κ2) is 3.35. The summed E-state index contributed by atoms with van der Waals surface area (Å²) in [7, 11) is 0. The third-order valence-corrected chi connectivity index (χ3v) is 3.40. The zero-order valence-electron chi connectivity index (χ0n) is 7.93. The van der Waals surface area contributed by atoms with Crippen LogP contribution in [0, 0.1) is 5.82 Å². The number of rotatable bonds is 2. The summed E-state index contributed by atoms with van der Waals surface area (Å²) < 4.78 is 14.0. The van der Waals surface area contributed by atoms with E-state index in [-0.39, 0.29) is 5.54 Å². The average Bonchev–Trinajstić information content (AvgIpc) is 2.89. The monoisotopic (exact) mass is 275 g/mol. The van der Waals surface area contributed by atoms with E-state index in [9.17, 15) is 9.50 Å². The molecule has 15 heavy (non-hydrogen) atoms. The number of aromatic hydroxyl groups is 2. The molecule has 0 radical (unpaired) electrons. The molecule has 0 amide bonds. The van der Waals surface area contributed by atoms with Crippen molar-refractivity contribution < 1.29 is 14.6 Å². The predicted molar refractivity (Wildman–Crippen MR) is 57.3 cm³/mol. The Hall–Kier alpha value is -0.810. The van der Waals surface area contributed by atoms with Crippen LogP contribution in [0.4, 0.5) is 4.39 Å². The molecule has 0 unspecified atom stereocenters. The lowest BCUT2D eigenvalue weighted by Gasteiger charge is -2.13. The van der Waals surface area contributed by atoms with Gasteiger partial charge in [0, 0.05) is 15.6 Å². The van der Waals surface area contributed by atoms with Crippen LogP contribution in [-0.2, 0) is 6.42 Å². The molecule has 0 atom stereocenters. The molecule has 0 aromatic heterocycles. The van der Waals surface area contributed by atoms with E-state index >= 15 is 0 Å². The zero-order chi connectivity index (χ0) is 11.2. The largest absolute Gasteiger partial charge is 0.504 e. The van der Waals surface area contributed by atoms with E-state index in [0.717, 1.165) is 12.8 Å². The Labute approximate surface area is 94.8 Å². The van der Waals surface area contributed by atoms with E-state index < -0.39 is 17.3 Å². The zero-order valence-corrected chi connectivity index (χ0v) is 9.51. The first-order chi connectivity index (χ1) is 6.93. The standard InChI is InChI=1S/C10H11BrFNO2/c11-6-3-7(14)9(15)8(12)5(6)4-10(13)1-2-10/h3,14-15H,1-2,4,13H2. The van der Waals surface area contributed by atoms with Crippen LogP contribution in [0.25, 0.3) is 0 Å². The fraction of sp³-hybridized carbons (Fsp3) is 0.400. The molecule has 1 aliphatic carbocycles. The summed E-state index contributed by atoms with van der Waals surface area (Å²) in [6.45, 7) is 0. The fourth-order valence-electron chi connectivity index (χ4n) is 1.49. The molecule has 82 valence electrons. The van der Waals surface area contributed by atoms with Crippen LogP contribution < -0.4 is 5.73 Å². The second-order valence-electron chi connectivity index (χ2n) is 4.06. The van der Waals surface area contributed by atoms with Crippen LogP contribution in [-0.4, -0.2) is 15.8 Å². The van der Waals surface area contributed by atoms with Crippen LogP contribution >= 0.6 is 15.9 Å². The molecule has 3 nitrogen and oxygen atoms in total. The van der Waals surface area contributed by atoms with Gasteiger partial charge >= 0.3 is 0 Å². The SMILES string of the molecule is NC1(Cc2c(Br)cc(O)c(O)c2F)CC1. The summed E-state index contributed by atoms with van der Waals surface area (Å²) in [5.74, 6) is -1.97. The first-order valence-corrected chi connectivity index (χ1v) is 5.40. The fourth-order valence-corrected chi connectivity index (χ4v) is 2.02. The Kier molecular flexibility index (Phi) is 2.39. The predicted octanol–water partition coefficient (Wildman–Crippen LogP) is 2.03. The van der Waals surface area contributed by atoms with E-state index in [1.54, 1.807) is 0 Å². The Morgan fingerprint density at radius 1 is 1.47 bits per heavy atom. The molecule has 0 aliphatic heterocycles. The highest BCUT2D eigenvalue weighted by atomic mass is 79.9. The minimum Gasteiger partial charge on any atom is -0.504 e. The van der Waals surface area contributed by atoms with Gasteiger partial charge in [-0.25, -0.2) is 4.39 Å². The summed E-state index contributed by atoms with van der Waals surface area (Å²) in [5.41, 5.74) is 5.86. The van der Waals surface area contributed by atoms with Crippen molar-refractivity contribution in [3.63, 3.8) is 0 Å². The molecule has 0 heterocycles. The van der Waals surface area contributed by atoms with Crippen molar-refractivity contribution in [1.82, 2.24) is 0 Å². The molecular formula is C10H11BrFNO2. The highest BCUT2D eigenvalue weighted by Crippen LogP contribution is 2.41. The number of phenols is 2. The second-order valence-corrected chi connectivity index (χ2v) is 4.91. The number of halogens is 2. The number of benzene rings is 1. The lowest BCUT2D eigenvalue weighted by Crippen LogP contribution is -2.25. The molecule has 0 bridgehead atoms. The number of phenolic OH excluding ortho intramolecular Hbond substituents is 2. The lowest BCUT2D eigenvalue weighted by atomic mass is 10.0. The minimum atomic E-state index is -0.793. The number of nitrogens with two attached hydrogens (primary N) is 1.